The highest BCUT2D eigenvalue weighted by atomic mass is 16.5. The van der Waals surface area contributed by atoms with E-state index in [0.717, 1.165) is 50.1 Å². The minimum atomic E-state index is 0.0156. The van der Waals surface area contributed by atoms with E-state index in [1.807, 2.05) is 18.2 Å². The van der Waals surface area contributed by atoms with Crippen molar-refractivity contribution in [1.29, 1.82) is 0 Å². The molecule has 2 aliphatic rings. The summed E-state index contributed by atoms with van der Waals surface area (Å²) in [4.78, 5) is 15.0. The summed E-state index contributed by atoms with van der Waals surface area (Å²) in [5.41, 5.74) is 1.16. The molecule has 1 N–H and O–H groups in total. The van der Waals surface area contributed by atoms with Gasteiger partial charge in [0.2, 0.25) is 5.91 Å². The van der Waals surface area contributed by atoms with Crippen LogP contribution in [0.15, 0.2) is 24.3 Å². The molecule has 0 bridgehead atoms. The lowest BCUT2D eigenvalue weighted by atomic mass is 9.95. The molecular weight excluding hydrogens is 288 g/mol. The predicted octanol–water partition coefficient (Wildman–Crippen LogP) is 3.11. The monoisotopic (exact) mass is 316 g/mol. The summed E-state index contributed by atoms with van der Waals surface area (Å²) in [6, 6.07) is 8.51. The maximum absolute atomic E-state index is 12.7. The number of nitrogens with one attached hydrogen (secondary N) is 1. The van der Waals surface area contributed by atoms with Gasteiger partial charge in [0.25, 0.3) is 0 Å². The summed E-state index contributed by atoms with van der Waals surface area (Å²) in [6.07, 6.45) is 8.17. The van der Waals surface area contributed by atoms with Gasteiger partial charge in [0.1, 0.15) is 5.75 Å². The van der Waals surface area contributed by atoms with Crippen LogP contribution in [0.25, 0.3) is 0 Å². The molecule has 0 aromatic heterocycles. The van der Waals surface area contributed by atoms with E-state index in [-0.39, 0.29) is 11.9 Å². The summed E-state index contributed by atoms with van der Waals surface area (Å²) in [7, 11) is 1.70. The number of nitrogens with zero attached hydrogens (tertiary/aromatic N) is 1. The lowest BCUT2D eigenvalue weighted by Crippen LogP contribution is -2.47. The van der Waals surface area contributed by atoms with E-state index >= 15 is 0 Å². The molecular formula is C19H28N2O2. The fourth-order valence-electron chi connectivity index (χ4n) is 3.91. The summed E-state index contributed by atoms with van der Waals surface area (Å²) in [5, 5.41) is 3.29. The Morgan fingerprint density at radius 2 is 1.96 bits per heavy atom. The van der Waals surface area contributed by atoms with Crippen LogP contribution in [0, 0.1) is 0 Å². The molecule has 1 heterocycles. The number of carbonyl (C=O) groups is 1. The molecule has 3 rings (SSSR count). The van der Waals surface area contributed by atoms with Gasteiger partial charge in [-0.25, -0.2) is 0 Å². The third kappa shape index (κ3) is 4.05. The zero-order chi connectivity index (χ0) is 16.1. The molecule has 1 unspecified atom stereocenters. The minimum Gasteiger partial charge on any atom is -0.496 e. The number of carbonyl (C=O) groups excluding carboxylic acids is 1. The van der Waals surface area contributed by atoms with Gasteiger partial charge in [0.15, 0.2) is 0 Å². The van der Waals surface area contributed by atoms with Crippen LogP contribution in [0.4, 0.5) is 0 Å². The van der Waals surface area contributed by atoms with Crippen molar-refractivity contribution in [3.05, 3.63) is 29.8 Å². The van der Waals surface area contributed by atoms with Crippen molar-refractivity contribution in [3.8, 4) is 5.75 Å². The van der Waals surface area contributed by atoms with E-state index < -0.39 is 0 Å². The zero-order valence-electron chi connectivity index (χ0n) is 14.1. The second-order valence-electron chi connectivity index (χ2n) is 6.78. The number of benzene rings is 1. The first-order chi connectivity index (χ1) is 11.3. The van der Waals surface area contributed by atoms with Gasteiger partial charge in [-0.05, 0) is 38.3 Å². The van der Waals surface area contributed by atoms with Crippen molar-refractivity contribution in [3.63, 3.8) is 0 Å². The van der Waals surface area contributed by atoms with Crippen molar-refractivity contribution in [2.24, 2.45) is 0 Å². The Morgan fingerprint density at radius 3 is 2.74 bits per heavy atom. The number of amides is 1. The number of methoxy groups -OCH3 is 1. The van der Waals surface area contributed by atoms with Gasteiger partial charge >= 0.3 is 0 Å². The molecule has 126 valence electrons. The molecule has 1 aromatic rings. The Hall–Kier alpha value is -1.55. The van der Waals surface area contributed by atoms with Crippen LogP contribution >= 0.6 is 0 Å². The molecule has 0 spiro atoms. The minimum absolute atomic E-state index is 0.0156. The lowest BCUT2D eigenvalue weighted by molar-refractivity contribution is -0.126. The van der Waals surface area contributed by atoms with E-state index in [0.29, 0.717) is 6.04 Å². The molecule has 1 atom stereocenters. The first-order valence-electron chi connectivity index (χ1n) is 8.94. The maximum Gasteiger partial charge on any atom is 0.237 e. The average molecular weight is 316 g/mol. The molecule has 1 saturated carbocycles. The first-order valence-corrected chi connectivity index (χ1v) is 8.94. The second-order valence-corrected chi connectivity index (χ2v) is 6.78. The quantitative estimate of drug-likeness (QED) is 0.907. The Balaban J connectivity index is 1.61. The van der Waals surface area contributed by atoms with Crippen molar-refractivity contribution >= 4 is 5.91 Å². The number of likely N-dealkylation sites (tertiary alicyclic amines) is 1. The summed E-state index contributed by atoms with van der Waals surface area (Å²) >= 11 is 0. The molecule has 0 radical (unpaired) electrons. The normalized spacial score (nSPS) is 22.9. The van der Waals surface area contributed by atoms with E-state index in [9.17, 15) is 4.79 Å². The first kappa shape index (κ1) is 16.3. The Morgan fingerprint density at radius 1 is 1.17 bits per heavy atom. The number of ether oxygens (including phenoxy) is 1. The Labute approximate surface area is 139 Å². The zero-order valence-corrected chi connectivity index (χ0v) is 14.1. The third-order valence-electron chi connectivity index (χ3n) is 5.18. The Bertz CT molecular complexity index is 526. The van der Waals surface area contributed by atoms with Gasteiger partial charge in [-0.2, -0.15) is 0 Å². The molecule has 1 aliphatic carbocycles. The lowest BCUT2D eigenvalue weighted by Gasteiger charge is -2.28. The van der Waals surface area contributed by atoms with Crippen LogP contribution in [0.5, 0.6) is 5.75 Å². The van der Waals surface area contributed by atoms with Gasteiger partial charge in [-0.3, -0.25) is 9.69 Å². The van der Waals surface area contributed by atoms with Crippen LogP contribution in [0.1, 0.15) is 50.5 Å². The smallest absolute Gasteiger partial charge is 0.237 e. The van der Waals surface area contributed by atoms with Crippen molar-refractivity contribution < 1.29 is 9.53 Å². The van der Waals surface area contributed by atoms with Gasteiger partial charge in [0.05, 0.1) is 13.2 Å². The van der Waals surface area contributed by atoms with Gasteiger partial charge < -0.3 is 10.1 Å². The number of hydrogen-bond acceptors (Lipinski definition) is 3. The number of rotatable bonds is 5. The highest BCUT2D eigenvalue weighted by Gasteiger charge is 2.32. The summed E-state index contributed by atoms with van der Waals surface area (Å²) in [6.45, 7) is 1.77. The summed E-state index contributed by atoms with van der Waals surface area (Å²) in [5.74, 6) is 1.13. The molecule has 1 amide bonds. The number of hydrogen-bond donors (Lipinski definition) is 1. The molecule has 1 aromatic carbocycles. The van der Waals surface area contributed by atoms with Gasteiger partial charge in [0, 0.05) is 18.2 Å². The van der Waals surface area contributed by atoms with Gasteiger partial charge in [-0.15, -0.1) is 0 Å². The molecule has 4 heteroatoms. The highest BCUT2D eigenvalue weighted by Crippen LogP contribution is 2.25. The van der Waals surface area contributed by atoms with Gasteiger partial charge in [-0.1, -0.05) is 37.5 Å². The largest absolute Gasteiger partial charge is 0.496 e. The van der Waals surface area contributed by atoms with E-state index in [2.05, 4.69) is 16.3 Å². The molecule has 4 nitrogen and oxygen atoms in total. The topological polar surface area (TPSA) is 41.6 Å². The number of para-hydroxylation sites is 1. The summed E-state index contributed by atoms with van der Waals surface area (Å²) < 4.78 is 5.45. The van der Waals surface area contributed by atoms with E-state index in [4.69, 9.17) is 4.74 Å². The molecule has 2 fully saturated rings. The molecule has 23 heavy (non-hydrogen) atoms. The van der Waals surface area contributed by atoms with Crippen LogP contribution in [0.2, 0.25) is 0 Å². The van der Waals surface area contributed by atoms with Crippen LogP contribution in [-0.4, -0.2) is 36.5 Å². The van der Waals surface area contributed by atoms with E-state index in [1.165, 1.54) is 19.3 Å². The standard InChI is InChI=1S/C19H28N2O2/c1-23-18-12-6-5-8-15(18)14-21-13-7-11-17(21)19(22)20-16-9-3-2-4-10-16/h5-6,8,12,16-17H,2-4,7,9-11,13-14H2,1H3,(H,20,22). The van der Waals surface area contributed by atoms with Crippen LogP contribution in [-0.2, 0) is 11.3 Å². The predicted molar refractivity (Wildman–Crippen MR) is 91.4 cm³/mol. The highest BCUT2D eigenvalue weighted by molar-refractivity contribution is 5.82. The van der Waals surface area contributed by atoms with Crippen molar-refractivity contribution in [2.45, 2.75) is 63.6 Å². The fraction of sp³-hybridized carbons (Fsp3) is 0.632. The van der Waals surface area contributed by atoms with Crippen LogP contribution in [0.3, 0.4) is 0 Å². The maximum atomic E-state index is 12.7. The molecule has 1 aliphatic heterocycles. The van der Waals surface area contributed by atoms with E-state index in [1.54, 1.807) is 7.11 Å². The second kappa shape index (κ2) is 7.82. The SMILES string of the molecule is COc1ccccc1CN1CCCC1C(=O)NC1CCCCC1. The van der Waals surface area contributed by atoms with Crippen molar-refractivity contribution in [1.82, 2.24) is 10.2 Å². The fourth-order valence-corrected chi connectivity index (χ4v) is 3.91. The molecule has 1 saturated heterocycles. The average Bonchev–Trinajstić information content (AvgIpc) is 3.04. The van der Waals surface area contributed by atoms with Crippen LogP contribution < -0.4 is 10.1 Å². The van der Waals surface area contributed by atoms with Crippen molar-refractivity contribution in [2.75, 3.05) is 13.7 Å². The Kier molecular flexibility index (Phi) is 5.55. The third-order valence-corrected chi connectivity index (χ3v) is 5.18.